The lowest BCUT2D eigenvalue weighted by Crippen LogP contribution is -2.53. The van der Waals surface area contributed by atoms with E-state index in [-0.39, 0.29) is 11.8 Å². The van der Waals surface area contributed by atoms with Crippen molar-refractivity contribution < 1.29 is 14.4 Å². The second-order valence-corrected chi connectivity index (χ2v) is 5.70. The Hall–Kier alpha value is -2.41. The van der Waals surface area contributed by atoms with Gasteiger partial charge in [0.25, 0.3) is 0 Å². The molecule has 1 fully saturated rings. The molecule has 7 nitrogen and oxygen atoms in total. The molecule has 0 saturated carbocycles. The number of urea groups is 1. The smallest absolute Gasteiger partial charge is 0.321 e. The van der Waals surface area contributed by atoms with Crippen molar-refractivity contribution in [3.05, 3.63) is 35.9 Å². The Bertz CT molecular complexity index is 583. The first-order valence-corrected chi connectivity index (χ1v) is 8.16. The number of imide groups is 1. The first-order valence-electron chi connectivity index (χ1n) is 8.16. The number of hydrogen-bond acceptors (Lipinski definition) is 4. The highest BCUT2D eigenvalue weighted by atomic mass is 16.2. The number of benzene rings is 1. The van der Waals surface area contributed by atoms with E-state index in [2.05, 4.69) is 10.6 Å². The van der Waals surface area contributed by atoms with E-state index in [1.165, 1.54) is 0 Å². The minimum atomic E-state index is -0.553. The second-order valence-electron chi connectivity index (χ2n) is 5.70. The first kappa shape index (κ1) is 17.9. The quantitative estimate of drug-likeness (QED) is 0.852. The maximum absolute atomic E-state index is 12.6. The van der Waals surface area contributed by atoms with Gasteiger partial charge in [-0.25, -0.2) is 4.79 Å². The third kappa shape index (κ3) is 4.55. The van der Waals surface area contributed by atoms with Gasteiger partial charge in [-0.1, -0.05) is 30.3 Å². The van der Waals surface area contributed by atoms with Crippen LogP contribution in [-0.4, -0.2) is 60.4 Å². The molecule has 2 N–H and O–H groups in total. The van der Waals surface area contributed by atoms with Crippen molar-refractivity contribution in [1.82, 2.24) is 20.4 Å². The Kier molecular flexibility index (Phi) is 6.31. The molecule has 0 bridgehead atoms. The molecule has 1 saturated heterocycles. The normalized spacial score (nSPS) is 16.3. The van der Waals surface area contributed by atoms with E-state index >= 15 is 0 Å². The molecule has 4 amide bonds. The van der Waals surface area contributed by atoms with Crippen LogP contribution in [0.25, 0.3) is 0 Å². The molecule has 1 aromatic carbocycles. The summed E-state index contributed by atoms with van der Waals surface area (Å²) in [6.07, 6.45) is 0. The number of carbonyl (C=O) groups is 3. The lowest BCUT2D eigenvalue weighted by Gasteiger charge is -2.38. The third-order valence-corrected chi connectivity index (χ3v) is 4.06. The first-order chi connectivity index (χ1) is 11.5. The molecule has 1 heterocycles. The minimum Gasteiger partial charge on any atom is -0.340 e. The van der Waals surface area contributed by atoms with Crippen molar-refractivity contribution in [1.29, 1.82) is 0 Å². The molecule has 2 rings (SSSR count). The van der Waals surface area contributed by atoms with Gasteiger partial charge in [0.2, 0.25) is 11.8 Å². The summed E-state index contributed by atoms with van der Waals surface area (Å²) in [6.45, 7) is 6.11. The fraction of sp³-hybridized carbons (Fsp3) is 0.471. The van der Waals surface area contributed by atoms with Crippen LogP contribution in [0.3, 0.4) is 0 Å². The maximum atomic E-state index is 12.6. The van der Waals surface area contributed by atoms with Gasteiger partial charge in [-0.05, 0) is 12.5 Å². The molecule has 0 aliphatic carbocycles. The highest BCUT2D eigenvalue weighted by Gasteiger charge is 2.31. The Labute approximate surface area is 142 Å². The summed E-state index contributed by atoms with van der Waals surface area (Å²) in [5, 5.41) is 4.96. The lowest BCUT2D eigenvalue weighted by atomic mass is 10.0. The average molecular weight is 332 g/mol. The summed E-state index contributed by atoms with van der Waals surface area (Å²) in [5.41, 5.74) is 0.829. The van der Waals surface area contributed by atoms with Crippen molar-refractivity contribution in [2.75, 3.05) is 32.7 Å². The van der Waals surface area contributed by atoms with Crippen molar-refractivity contribution in [2.45, 2.75) is 19.9 Å². The molecule has 7 heteroatoms. The second kappa shape index (κ2) is 8.44. The summed E-state index contributed by atoms with van der Waals surface area (Å²) < 4.78 is 0. The monoisotopic (exact) mass is 332 g/mol. The number of nitrogens with zero attached hydrogens (tertiary/aromatic N) is 2. The van der Waals surface area contributed by atoms with Crippen LogP contribution in [0.15, 0.2) is 30.3 Å². The zero-order valence-corrected chi connectivity index (χ0v) is 14.1. The third-order valence-electron chi connectivity index (χ3n) is 4.06. The van der Waals surface area contributed by atoms with Crippen LogP contribution in [0.2, 0.25) is 0 Å². The Morgan fingerprint density at radius 3 is 2.25 bits per heavy atom. The SMILES string of the molecule is CCNC(=O)NC(=O)[C@@H](c1ccccc1)N1CCN(C(C)=O)CC1. The molecule has 1 aliphatic heterocycles. The largest absolute Gasteiger partial charge is 0.340 e. The molecule has 130 valence electrons. The van der Waals surface area contributed by atoms with Gasteiger partial charge >= 0.3 is 6.03 Å². The van der Waals surface area contributed by atoms with Crippen LogP contribution in [0.4, 0.5) is 4.79 Å². The molecular weight excluding hydrogens is 308 g/mol. The number of amides is 4. The van der Waals surface area contributed by atoms with E-state index in [1.54, 1.807) is 18.7 Å². The highest BCUT2D eigenvalue weighted by molar-refractivity contribution is 5.97. The summed E-state index contributed by atoms with van der Waals surface area (Å²) in [6, 6.07) is 8.32. The van der Waals surface area contributed by atoms with Crippen molar-refractivity contribution in [2.24, 2.45) is 0 Å². The molecule has 0 aromatic heterocycles. The van der Waals surface area contributed by atoms with Gasteiger partial charge in [0.15, 0.2) is 0 Å². The van der Waals surface area contributed by atoms with Gasteiger partial charge in [-0.15, -0.1) is 0 Å². The average Bonchev–Trinajstić information content (AvgIpc) is 2.56. The number of hydrogen-bond donors (Lipinski definition) is 2. The topological polar surface area (TPSA) is 81.8 Å². The van der Waals surface area contributed by atoms with Crippen LogP contribution in [0, 0.1) is 0 Å². The molecule has 1 aromatic rings. The van der Waals surface area contributed by atoms with E-state index in [1.807, 2.05) is 35.2 Å². The van der Waals surface area contributed by atoms with Crippen LogP contribution in [0.5, 0.6) is 0 Å². The van der Waals surface area contributed by atoms with Crippen LogP contribution in [0.1, 0.15) is 25.5 Å². The molecule has 0 spiro atoms. The molecule has 1 atom stereocenters. The summed E-state index contributed by atoms with van der Waals surface area (Å²) in [5.74, 6) is -0.318. The molecule has 24 heavy (non-hydrogen) atoms. The van der Waals surface area contributed by atoms with Crippen LogP contribution in [-0.2, 0) is 9.59 Å². The van der Waals surface area contributed by atoms with Gasteiger partial charge in [0.05, 0.1) is 0 Å². The Morgan fingerprint density at radius 2 is 1.71 bits per heavy atom. The molecule has 0 radical (unpaired) electrons. The predicted octanol–water partition coefficient (Wildman–Crippen LogP) is 0.738. The number of rotatable bonds is 4. The van der Waals surface area contributed by atoms with Gasteiger partial charge in [0.1, 0.15) is 6.04 Å². The molecule has 0 unspecified atom stereocenters. The highest BCUT2D eigenvalue weighted by Crippen LogP contribution is 2.22. The van der Waals surface area contributed by atoms with Gasteiger partial charge in [-0.3, -0.25) is 19.8 Å². The van der Waals surface area contributed by atoms with E-state index in [9.17, 15) is 14.4 Å². The number of nitrogens with one attached hydrogen (secondary N) is 2. The summed E-state index contributed by atoms with van der Waals surface area (Å²) in [4.78, 5) is 39.6. The standard InChI is InChI=1S/C17H24N4O3/c1-3-18-17(24)19-16(23)15(14-7-5-4-6-8-14)21-11-9-20(10-12-21)13(2)22/h4-8,15H,3,9-12H2,1-2H3,(H2,18,19,23,24)/t15-/m1/s1. The van der Waals surface area contributed by atoms with Gasteiger partial charge < -0.3 is 10.2 Å². The Balaban J connectivity index is 2.14. The van der Waals surface area contributed by atoms with Gasteiger partial charge in [-0.2, -0.15) is 0 Å². The van der Waals surface area contributed by atoms with E-state index in [0.717, 1.165) is 5.56 Å². The van der Waals surface area contributed by atoms with E-state index < -0.39 is 12.1 Å². The maximum Gasteiger partial charge on any atom is 0.321 e. The summed E-state index contributed by atoms with van der Waals surface area (Å²) >= 11 is 0. The van der Waals surface area contributed by atoms with Crippen molar-refractivity contribution >= 4 is 17.8 Å². The molecular formula is C17H24N4O3. The van der Waals surface area contributed by atoms with Crippen molar-refractivity contribution in [3.8, 4) is 0 Å². The van der Waals surface area contributed by atoms with Gasteiger partial charge in [0, 0.05) is 39.6 Å². The fourth-order valence-corrected chi connectivity index (χ4v) is 2.84. The summed E-state index contributed by atoms with van der Waals surface area (Å²) in [7, 11) is 0. The predicted molar refractivity (Wildman–Crippen MR) is 90.2 cm³/mol. The van der Waals surface area contributed by atoms with E-state index in [0.29, 0.717) is 32.7 Å². The zero-order valence-electron chi connectivity index (χ0n) is 14.1. The number of piperazine rings is 1. The zero-order chi connectivity index (χ0) is 17.5. The van der Waals surface area contributed by atoms with E-state index in [4.69, 9.17) is 0 Å². The van der Waals surface area contributed by atoms with Crippen LogP contribution >= 0.6 is 0 Å². The van der Waals surface area contributed by atoms with Crippen LogP contribution < -0.4 is 10.6 Å². The molecule has 1 aliphatic rings. The van der Waals surface area contributed by atoms with Crippen molar-refractivity contribution in [3.63, 3.8) is 0 Å². The Morgan fingerprint density at radius 1 is 1.08 bits per heavy atom. The lowest BCUT2D eigenvalue weighted by molar-refractivity contribution is -0.132. The number of carbonyl (C=O) groups excluding carboxylic acids is 3. The minimum absolute atomic E-state index is 0.0395. The fourth-order valence-electron chi connectivity index (χ4n) is 2.84.